The van der Waals surface area contributed by atoms with Crippen LogP contribution in [0.5, 0.6) is 0 Å². The molecule has 1 amide bonds. The monoisotopic (exact) mass is 400 g/mol. The van der Waals surface area contributed by atoms with Crippen LogP contribution in [0.1, 0.15) is 42.1 Å². The van der Waals surface area contributed by atoms with Gasteiger partial charge in [-0.15, -0.1) is 0 Å². The van der Waals surface area contributed by atoms with Gasteiger partial charge in [0.2, 0.25) is 15.9 Å². The number of amides is 1. The number of aryl methyl sites for hydroxylation is 1. The molecule has 6 nitrogen and oxygen atoms in total. The summed E-state index contributed by atoms with van der Waals surface area (Å²) >= 11 is 0. The highest BCUT2D eigenvalue weighted by Gasteiger charge is 2.37. The third kappa shape index (κ3) is 4.31. The Kier molecular flexibility index (Phi) is 5.96. The smallest absolute Gasteiger partial charge is 0.243 e. The predicted molar refractivity (Wildman–Crippen MR) is 108 cm³/mol. The first kappa shape index (κ1) is 20.2. The third-order valence-electron chi connectivity index (χ3n) is 4.92. The summed E-state index contributed by atoms with van der Waals surface area (Å²) in [5, 5.41) is 2.77. The highest BCUT2D eigenvalue weighted by atomic mass is 32.2. The zero-order valence-corrected chi connectivity index (χ0v) is 16.8. The molecule has 3 rings (SSSR count). The van der Waals surface area contributed by atoms with Gasteiger partial charge in [0.1, 0.15) is 6.04 Å². The van der Waals surface area contributed by atoms with Gasteiger partial charge in [-0.2, -0.15) is 4.31 Å². The van der Waals surface area contributed by atoms with E-state index >= 15 is 0 Å². The van der Waals surface area contributed by atoms with Crippen molar-refractivity contribution in [1.29, 1.82) is 0 Å². The van der Waals surface area contributed by atoms with Crippen molar-refractivity contribution in [3.63, 3.8) is 0 Å². The Labute approximate surface area is 165 Å². The van der Waals surface area contributed by atoms with Crippen LogP contribution in [0.4, 0.5) is 5.69 Å². The molecule has 28 heavy (non-hydrogen) atoms. The lowest BCUT2D eigenvalue weighted by Crippen LogP contribution is -2.49. The standard InChI is InChI=1S/C21H24N2O4S/c1-15-9-11-19(12-10-15)28(26,27)23-13-4-3-8-20(23)21(25)22-18-7-5-6-17(14-18)16(2)24/h5-7,9-12,14,20H,3-4,8,13H2,1-2H3,(H,22,25)/t20-/m0/s1. The van der Waals surface area contributed by atoms with Gasteiger partial charge in [-0.25, -0.2) is 8.42 Å². The van der Waals surface area contributed by atoms with E-state index in [-0.39, 0.29) is 16.6 Å². The van der Waals surface area contributed by atoms with Gasteiger partial charge in [0.15, 0.2) is 5.78 Å². The van der Waals surface area contributed by atoms with Crippen LogP contribution < -0.4 is 5.32 Å². The fraction of sp³-hybridized carbons (Fsp3) is 0.333. The minimum Gasteiger partial charge on any atom is -0.325 e. The Morgan fingerprint density at radius 3 is 2.46 bits per heavy atom. The zero-order chi connectivity index (χ0) is 20.3. The molecule has 148 valence electrons. The van der Waals surface area contributed by atoms with Gasteiger partial charge in [-0.1, -0.05) is 36.2 Å². The predicted octanol–water partition coefficient (Wildman–Crippen LogP) is 3.38. The molecule has 0 unspecified atom stereocenters. The highest BCUT2D eigenvalue weighted by Crippen LogP contribution is 2.26. The summed E-state index contributed by atoms with van der Waals surface area (Å²) in [5.74, 6) is -0.478. The fourth-order valence-electron chi connectivity index (χ4n) is 3.34. The number of carbonyl (C=O) groups is 2. The van der Waals surface area contributed by atoms with Gasteiger partial charge < -0.3 is 5.32 Å². The van der Waals surface area contributed by atoms with Crippen LogP contribution in [0.2, 0.25) is 0 Å². The Balaban J connectivity index is 1.84. The van der Waals surface area contributed by atoms with E-state index in [1.807, 2.05) is 6.92 Å². The first-order valence-electron chi connectivity index (χ1n) is 9.29. The van der Waals surface area contributed by atoms with Crippen molar-refractivity contribution in [1.82, 2.24) is 4.31 Å². The number of ketones is 1. The molecule has 0 bridgehead atoms. The first-order valence-corrected chi connectivity index (χ1v) is 10.7. The van der Waals surface area contributed by atoms with Crippen molar-refractivity contribution in [2.75, 3.05) is 11.9 Å². The van der Waals surface area contributed by atoms with Gasteiger partial charge in [0.25, 0.3) is 0 Å². The van der Waals surface area contributed by atoms with Gasteiger partial charge in [0.05, 0.1) is 4.90 Å². The van der Waals surface area contributed by atoms with Crippen LogP contribution in [0.3, 0.4) is 0 Å². The molecule has 0 spiro atoms. The van der Waals surface area contributed by atoms with Crippen molar-refractivity contribution >= 4 is 27.4 Å². The molecule has 2 aromatic carbocycles. The van der Waals surface area contributed by atoms with E-state index in [0.29, 0.717) is 30.6 Å². The molecule has 1 fully saturated rings. The van der Waals surface area contributed by atoms with Crippen molar-refractivity contribution < 1.29 is 18.0 Å². The molecule has 1 N–H and O–H groups in total. The second-order valence-electron chi connectivity index (χ2n) is 7.07. The maximum Gasteiger partial charge on any atom is 0.243 e. The summed E-state index contributed by atoms with van der Waals surface area (Å²) in [4.78, 5) is 24.6. The first-order chi connectivity index (χ1) is 13.3. The van der Waals surface area contributed by atoms with Crippen LogP contribution in [-0.2, 0) is 14.8 Å². The van der Waals surface area contributed by atoms with Gasteiger partial charge in [-0.05, 0) is 51.0 Å². The van der Waals surface area contributed by atoms with E-state index < -0.39 is 16.1 Å². The molecule has 1 saturated heterocycles. The molecule has 0 aliphatic carbocycles. The molecule has 1 aliphatic rings. The fourth-order valence-corrected chi connectivity index (χ4v) is 5.00. The maximum atomic E-state index is 13.1. The summed E-state index contributed by atoms with van der Waals surface area (Å²) in [6.45, 7) is 3.66. The Morgan fingerprint density at radius 1 is 1.07 bits per heavy atom. The lowest BCUT2D eigenvalue weighted by molar-refractivity contribution is -0.120. The summed E-state index contributed by atoms with van der Waals surface area (Å²) in [6.07, 6.45) is 1.96. The number of Topliss-reactive ketones (excluding diaryl/α,β-unsaturated/α-hetero) is 1. The van der Waals surface area contributed by atoms with Crippen LogP contribution >= 0.6 is 0 Å². The lowest BCUT2D eigenvalue weighted by atomic mass is 10.0. The SMILES string of the molecule is CC(=O)c1cccc(NC(=O)[C@@H]2CCCCN2S(=O)(=O)c2ccc(C)cc2)c1. The topological polar surface area (TPSA) is 83.6 Å². The molecule has 7 heteroatoms. The van der Waals surface area contributed by atoms with Crippen molar-refractivity contribution in [2.45, 2.75) is 44.0 Å². The van der Waals surface area contributed by atoms with Crippen molar-refractivity contribution in [3.05, 3.63) is 59.7 Å². The van der Waals surface area contributed by atoms with Gasteiger partial charge in [0, 0.05) is 17.8 Å². The number of anilines is 1. The number of piperidine rings is 1. The van der Waals surface area contributed by atoms with E-state index in [9.17, 15) is 18.0 Å². The summed E-state index contributed by atoms with van der Waals surface area (Å²) in [5.41, 5.74) is 1.94. The van der Waals surface area contributed by atoms with E-state index in [0.717, 1.165) is 12.0 Å². The number of benzene rings is 2. The number of carbonyl (C=O) groups excluding carboxylic acids is 2. The molecule has 1 heterocycles. The largest absolute Gasteiger partial charge is 0.325 e. The van der Waals surface area contributed by atoms with Crippen molar-refractivity contribution in [3.8, 4) is 0 Å². The number of sulfonamides is 1. The molecule has 1 aliphatic heterocycles. The number of nitrogens with zero attached hydrogens (tertiary/aromatic N) is 1. The molecular weight excluding hydrogens is 376 g/mol. The summed E-state index contributed by atoms with van der Waals surface area (Å²) < 4.78 is 27.5. The maximum absolute atomic E-state index is 13.1. The van der Waals surface area contributed by atoms with E-state index in [1.165, 1.54) is 11.2 Å². The van der Waals surface area contributed by atoms with E-state index in [1.54, 1.807) is 48.5 Å². The number of hydrogen-bond acceptors (Lipinski definition) is 4. The molecule has 0 saturated carbocycles. The van der Waals surface area contributed by atoms with Gasteiger partial charge >= 0.3 is 0 Å². The molecule has 0 radical (unpaired) electrons. The average molecular weight is 401 g/mol. The van der Waals surface area contributed by atoms with E-state index in [2.05, 4.69) is 5.32 Å². The van der Waals surface area contributed by atoms with Gasteiger partial charge in [-0.3, -0.25) is 9.59 Å². The second kappa shape index (κ2) is 8.24. The van der Waals surface area contributed by atoms with Crippen molar-refractivity contribution in [2.24, 2.45) is 0 Å². The average Bonchev–Trinajstić information content (AvgIpc) is 2.68. The Bertz CT molecular complexity index is 984. The third-order valence-corrected chi connectivity index (χ3v) is 6.84. The number of nitrogens with one attached hydrogen (secondary N) is 1. The van der Waals surface area contributed by atoms with Crippen LogP contribution in [-0.4, -0.2) is 37.0 Å². The van der Waals surface area contributed by atoms with E-state index in [4.69, 9.17) is 0 Å². The number of rotatable bonds is 5. The minimum absolute atomic E-state index is 0.0997. The van der Waals surface area contributed by atoms with Crippen LogP contribution in [0.25, 0.3) is 0 Å². The molecular formula is C21H24N2O4S. The second-order valence-corrected chi connectivity index (χ2v) is 8.96. The molecule has 0 aromatic heterocycles. The molecule has 1 atom stereocenters. The minimum atomic E-state index is -3.77. The zero-order valence-electron chi connectivity index (χ0n) is 16.0. The lowest BCUT2D eigenvalue weighted by Gasteiger charge is -2.33. The summed E-state index contributed by atoms with van der Waals surface area (Å²) in [6, 6.07) is 12.5. The quantitative estimate of drug-likeness (QED) is 0.780. The summed E-state index contributed by atoms with van der Waals surface area (Å²) in [7, 11) is -3.77. The Hall–Kier alpha value is -2.51. The normalized spacial score (nSPS) is 17.9. The highest BCUT2D eigenvalue weighted by molar-refractivity contribution is 7.89. The molecule has 2 aromatic rings. The van der Waals surface area contributed by atoms with Crippen LogP contribution in [0.15, 0.2) is 53.4 Å². The number of hydrogen-bond donors (Lipinski definition) is 1. The Morgan fingerprint density at radius 2 is 1.79 bits per heavy atom. The van der Waals surface area contributed by atoms with Crippen LogP contribution in [0, 0.1) is 6.92 Å².